The number of hydrogen-bond acceptors (Lipinski definition) is 2. The Hall–Kier alpha value is -1.38. The van der Waals surface area contributed by atoms with Gasteiger partial charge in [-0.1, -0.05) is 32.3 Å². The zero-order chi connectivity index (χ0) is 12.8. The third-order valence-electron chi connectivity index (χ3n) is 3.80. The summed E-state index contributed by atoms with van der Waals surface area (Å²) in [5.74, 6) is 1.34. The molecule has 0 unspecified atom stereocenters. The summed E-state index contributed by atoms with van der Waals surface area (Å²) in [6, 6.07) is 4.10. The highest BCUT2D eigenvalue weighted by Crippen LogP contribution is 2.23. The maximum absolute atomic E-state index is 6.11. The molecule has 1 aromatic rings. The van der Waals surface area contributed by atoms with E-state index in [1.165, 1.54) is 37.7 Å². The second-order valence-corrected chi connectivity index (χ2v) is 5.04. The number of nitrogens with two attached hydrogens (primary N) is 1. The van der Waals surface area contributed by atoms with Crippen molar-refractivity contribution in [2.45, 2.75) is 52.0 Å². The largest absolute Gasteiger partial charge is 0.387 e. The van der Waals surface area contributed by atoms with Crippen LogP contribution in [0.3, 0.4) is 0 Å². The van der Waals surface area contributed by atoms with Gasteiger partial charge in [-0.3, -0.25) is 9.98 Å². The van der Waals surface area contributed by atoms with Crippen LogP contribution in [0.25, 0.3) is 0 Å². The molecule has 0 radical (unpaired) electrons. The van der Waals surface area contributed by atoms with Gasteiger partial charge in [0.1, 0.15) is 0 Å². The highest BCUT2D eigenvalue weighted by Gasteiger charge is 2.16. The van der Waals surface area contributed by atoms with Crippen LogP contribution in [0.5, 0.6) is 0 Å². The first kappa shape index (κ1) is 13.1. The highest BCUT2D eigenvalue weighted by atomic mass is 14.9. The molecular weight excluding hydrogens is 222 g/mol. The van der Waals surface area contributed by atoms with E-state index >= 15 is 0 Å². The fourth-order valence-electron chi connectivity index (χ4n) is 2.63. The SMILES string of the molecule is CCc1cccnc1CN=C(N)C1CCCCC1. The lowest BCUT2D eigenvalue weighted by Crippen LogP contribution is -2.26. The molecule has 0 spiro atoms. The van der Waals surface area contributed by atoms with Crippen molar-refractivity contribution in [2.75, 3.05) is 0 Å². The van der Waals surface area contributed by atoms with Crippen LogP contribution in [0.15, 0.2) is 23.3 Å². The van der Waals surface area contributed by atoms with Gasteiger partial charge in [-0.05, 0) is 30.9 Å². The number of rotatable bonds is 4. The van der Waals surface area contributed by atoms with E-state index in [0.717, 1.165) is 18.0 Å². The molecule has 98 valence electrons. The lowest BCUT2D eigenvalue weighted by atomic mass is 9.88. The van der Waals surface area contributed by atoms with E-state index in [1.54, 1.807) is 0 Å². The molecule has 0 atom stereocenters. The first-order chi connectivity index (χ1) is 8.81. The fraction of sp³-hybridized carbons (Fsp3) is 0.600. The van der Waals surface area contributed by atoms with Crippen molar-refractivity contribution < 1.29 is 0 Å². The molecule has 3 heteroatoms. The van der Waals surface area contributed by atoms with E-state index in [9.17, 15) is 0 Å². The van der Waals surface area contributed by atoms with Gasteiger partial charge in [0.2, 0.25) is 0 Å². The van der Waals surface area contributed by atoms with Gasteiger partial charge in [0.05, 0.1) is 18.1 Å². The molecule has 3 nitrogen and oxygen atoms in total. The summed E-state index contributed by atoms with van der Waals surface area (Å²) in [4.78, 5) is 8.96. The van der Waals surface area contributed by atoms with Crippen LogP contribution >= 0.6 is 0 Å². The molecule has 18 heavy (non-hydrogen) atoms. The summed E-state index contributed by atoms with van der Waals surface area (Å²) >= 11 is 0. The Morgan fingerprint density at radius 1 is 1.39 bits per heavy atom. The topological polar surface area (TPSA) is 51.3 Å². The smallest absolute Gasteiger partial charge is 0.0973 e. The second kappa shape index (κ2) is 6.53. The van der Waals surface area contributed by atoms with E-state index in [1.807, 2.05) is 12.3 Å². The molecular formula is C15H23N3. The Labute approximate surface area is 110 Å². The molecule has 1 saturated carbocycles. The number of aromatic nitrogens is 1. The molecule has 2 N–H and O–H groups in total. The zero-order valence-corrected chi connectivity index (χ0v) is 11.2. The molecule has 0 aromatic carbocycles. The minimum atomic E-state index is 0.507. The van der Waals surface area contributed by atoms with Crippen LogP contribution in [0.2, 0.25) is 0 Å². The first-order valence-electron chi connectivity index (χ1n) is 7.04. The van der Waals surface area contributed by atoms with Gasteiger partial charge >= 0.3 is 0 Å². The third kappa shape index (κ3) is 3.31. The number of pyridine rings is 1. The summed E-state index contributed by atoms with van der Waals surface area (Å²) in [6.07, 6.45) is 9.19. The summed E-state index contributed by atoms with van der Waals surface area (Å²) in [5, 5.41) is 0. The van der Waals surface area contributed by atoms with Gasteiger partial charge in [0, 0.05) is 12.1 Å². The van der Waals surface area contributed by atoms with Crippen LogP contribution in [0.1, 0.15) is 50.3 Å². The molecule has 1 aliphatic rings. The van der Waals surface area contributed by atoms with Crippen molar-refractivity contribution in [1.29, 1.82) is 0 Å². The standard InChI is InChI=1S/C15H23N3/c1-2-12-9-6-10-17-14(12)11-18-15(16)13-7-4-3-5-8-13/h6,9-10,13H,2-5,7-8,11H2,1H3,(H2,16,18). The number of aryl methyl sites for hydroxylation is 1. The Bertz CT molecular complexity index is 406. The summed E-state index contributed by atoms with van der Waals surface area (Å²) in [7, 11) is 0. The van der Waals surface area contributed by atoms with Gasteiger partial charge in [0.25, 0.3) is 0 Å². The Morgan fingerprint density at radius 3 is 2.89 bits per heavy atom. The maximum atomic E-state index is 6.11. The molecule has 1 fully saturated rings. The highest BCUT2D eigenvalue weighted by molar-refractivity contribution is 5.82. The van der Waals surface area contributed by atoms with Crippen molar-refractivity contribution in [1.82, 2.24) is 4.98 Å². The number of nitrogens with zero attached hydrogens (tertiary/aromatic N) is 2. The van der Waals surface area contributed by atoms with Crippen LogP contribution in [0.4, 0.5) is 0 Å². The lowest BCUT2D eigenvalue weighted by Gasteiger charge is -2.20. The van der Waals surface area contributed by atoms with E-state index < -0.39 is 0 Å². The number of hydrogen-bond donors (Lipinski definition) is 1. The predicted molar refractivity (Wildman–Crippen MR) is 75.5 cm³/mol. The van der Waals surface area contributed by atoms with Crippen molar-refractivity contribution in [3.8, 4) is 0 Å². The average molecular weight is 245 g/mol. The maximum Gasteiger partial charge on any atom is 0.0973 e. The fourth-order valence-corrected chi connectivity index (χ4v) is 2.63. The van der Waals surface area contributed by atoms with Gasteiger partial charge in [0.15, 0.2) is 0 Å². The van der Waals surface area contributed by atoms with Crippen LogP contribution in [-0.4, -0.2) is 10.8 Å². The summed E-state index contributed by atoms with van der Waals surface area (Å²) < 4.78 is 0. The van der Waals surface area contributed by atoms with Gasteiger partial charge in [-0.15, -0.1) is 0 Å². The molecule has 1 aliphatic carbocycles. The third-order valence-corrected chi connectivity index (χ3v) is 3.80. The minimum Gasteiger partial charge on any atom is -0.387 e. The van der Waals surface area contributed by atoms with Crippen molar-refractivity contribution in [2.24, 2.45) is 16.6 Å². The molecule has 2 rings (SSSR count). The van der Waals surface area contributed by atoms with Crippen LogP contribution in [0, 0.1) is 5.92 Å². The number of amidine groups is 1. The van der Waals surface area contributed by atoms with Gasteiger partial charge in [-0.25, -0.2) is 0 Å². The second-order valence-electron chi connectivity index (χ2n) is 5.04. The van der Waals surface area contributed by atoms with Crippen LogP contribution < -0.4 is 5.73 Å². The minimum absolute atomic E-state index is 0.507. The molecule has 0 saturated heterocycles. The summed E-state index contributed by atoms with van der Waals surface area (Å²) in [6.45, 7) is 2.78. The van der Waals surface area contributed by atoms with Gasteiger partial charge < -0.3 is 5.73 Å². The molecule has 0 bridgehead atoms. The normalized spacial score (nSPS) is 17.9. The van der Waals surface area contributed by atoms with Crippen molar-refractivity contribution in [3.05, 3.63) is 29.6 Å². The van der Waals surface area contributed by atoms with E-state index in [4.69, 9.17) is 5.73 Å². The van der Waals surface area contributed by atoms with E-state index in [-0.39, 0.29) is 0 Å². The van der Waals surface area contributed by atoms with E-state index in [2.05, 4.69) is 23.0 Å². The quantitative estimate of drug-likeness (QED) is 0.654. The monoisotopic (exact) mass is 245 g/mol. The Balaban J connectivity index is 2.00. The van der Waals surface area contributed by atoms with Crippen molar-refractivity contribution >= 4 is 5.84 Å². The molecule has 0 aliphatic heterocycles. The van der Waals surface area contributed by atoms with Crippen molar-refractivity contribution in [3.63, 3.8) is 0 Å². The van der Waals surface area contributed by atoms with Gasteiger partial charge in [-0.2, -0.15) is 0 Å². The number of aliphatic imine (C=N–C) groups is 1. The molecule has 1 heterocycles. The first-order valence-corrected chi connectivity index (χ1v) is 7.04. The predicted octanol–water partition coefficient (Wildman–Crippen LogP) is 3.08. The molecule has 0 amide bonds. The Kier molecular flexibility index (Phi) is 4.73. The average Bonchev–Trinajstić information content (AvgIpc) is 2.46. The lowest BCUT2D eigenvalue weighted by molar-refractivity contribution is 0.436. The molecule has 1 aromatic heterocycles. The Morgan fingerprint density at radius 2 is 2.17 bits per heavy atom. The van der Waals surface area contributed by atoms with Crippen LogP contribution in [-0.2, 0) is 13.0 Å². The van der Waals surface area contributed by atoms with E-state index in [0.29, 0.717) is 12.5 Å². The summed E-state index contributed by atoms with van der Waals surface area (Å²) in [5.41, 5.74) is 8.45. The zero-order valence-electron chi connectivity index (χ0n) is 11.2.